The molecule has 5 heteroatoms. The van der Waals surface area contributed by atoms with E-state index in [2.05, 4.69) is 9.97 Å². The van der Waals surface area contributed by atoms with Crippen molar-refractivity contribution in [3.05, 3.63) is 52.9 Å². The summed E-state index contributed by atoms with van der Waals surface area (Å²) in [6, 6.07) is 13.4. The molecule has 0 fully saturated rings. The van der Waals surface area contributed by atoms with E-state index in [0.717, 1.165) is 22.4 Å². The lowest BCUT2D eigenvalue weighted by molar-refractivity contribution is 1.21. The molecule has 0 spiro atoms. The second-order valence-electron chi connectivity index (χ2n) is 4.43. The quantitative estimate of drug-likeness (QED) is 0.613. The van der Waals surface area contributed by atoms with Crippen LogP contribution in [0.2, 0.25) is 0 Å². The van der Waals surface area contributed by atoms with Crippen LogP contribution in [0.4, 0.5) is 17.1 Å². The number of aromatic amines is 2. The number of nitrogen functional groups attached to an aromatic ring is 1. The van der Waals surface area contributed by atoms with Crippen LogP contribution >= 0.6 is 0 Å². The number of imidazole rings is 1. The molecule has 0 amide bonds. The Morgan fingerprint density at radius 1 is 1.05 bits per heavy atom. The van der Waals surface area contributed by atoms with Crippen molar-refractivity contribution in [2.75, 3.05) is 17.7 Å². The molecule has 4 N–H and O–H groups in total. The van der Waals surface area contributed by atoms with Gasteiger partial charge in [0, 0.05) is 12.7 Å². The predicted molar refractivity (Wildman–Crippen MR) is 77.8 cm³/mol. The molecule has 1 heterocycles. The number of nitrogens with one attached hydrogen (secondary N) is 2. The summed E-state index contributed by atoms with van der Waals surface area (Å²) in [6.07, 6.45) is 0. The number of H-pyrrole nitrogens is 2. The van der Waals surface area contributed by atoms with E-state index < -0.39 is 0 Å². The standard InChI is InChI=1S/C14H14N4O/c1-18(13-5-3-2-4-10(13)15)9-6-7-11-12(8-9)17-14(19)16-11/h2-8H,15H2,1H3,(H2,16,17,19). The summed E-state index contributed by atoms with van der Waals surface area (Å²) < 4.78 is 0. The number of para-hydroxylation sites is 2. The van der Waals surface area contributed by atoms with Crippen molar-refractivity contribution in [2.24, 2.45) is 0 Å². The van der Waals surface area contributed by atoms with Gasteiger partial charge in [0.05, 0.1) is 22.4 Å². The summed E-state index contributed by atoms with van der Waals surface area (Å²) in [4.78, 5) is 18.7. The first-order valence-corrected chi connectivity index (χ1v) is 5.95. The fraction of sp³-hybridized carbons (Fsp3) is 0.0714. The van der Waals surface area contributed by atoms with Crippen molar-refractivity contribution in [2.45, 2.75) is 0 Å². The second kappa shape index (κ2) is 4.20. The molecule has 0 saturated carbocycles. The van der Waals surface area contributed by atoms with Crippen molar-refractivity contribution in [1.82, 2.24) is 9.97 Å². The third-order valence-corrected chi connectivity index (χ3v) is 3.18. The Kier molecular flexibility index (Phi) is 2.52. The Morgan fingerprint density at radius 2 is 1.79 bits per heavy atom. The van der Waals surface area contributed by atoms with E-state index in [1.807, 2.05) is 54.4 Å². The Labute approximate surface area is 109 Å². The van der Waals surface area contributed by atoms with E-state index in [9.17, 15) is 4.79 Å². The topological polar surface area (TPSA) is 77.9 Å². The van der Waals surface area contributed by atoms with Crippen LogP contribution in [-0.2, 0) is 0 Å². The van der Waals surface area contributed by atoms with E-state index in [-0.39, 0.29) is 5.69 Å². The summed E-state index contributed by atoms with van der Waals surface area (Å²) in [5.41, 5.74) is 9.95. The molecule has 0 aliphatic rings. The van der Waals surface area contributed by atoms with Gasteiger partial charge in [-0.05, 0) is 30.3 Å². The number of benzene rings is 2. The monoisotopic (exact) mass is 254 g/mol. The van der Waals surface area contributed by atoms with Gasteiger partial charge in [0.15, 0.2) is 0 Å². The number of aromatic nitrogens is 2. The molecule has 0 aliphatic carbocycles. The zero-order valence-electron chi connectivity index (χ0n) is 10.5. The lowest BCUT2D eigenvalue weighted by atomic mass is 10.2. The maximum atomic E-state index is 11.2. The maximum Gasteiger partial charge on any atom is 0.323 e. The van der Waals surface area contributed by atoms with Crippen LogP contribution in [0.25, 0.3) is 11.0 Å². The molecule has 19 heavy (non-hydrogen) atoms. The minimum absolute atomic E-state index is 0.200. The summed E-state index contributed by atoms with van der Waals surface area (Å²) in [6.45, 7) is 0. The summed E-state index contributed by atoms with van der Waals surface area (Å²) in [7, 11) is 1.94. The highest BCUT2D eigenvalue weighted by molar-refractivity contribution is 5.82. The number of fused-ring (bicyclic) bond motifs is 1. The fourth-order valence-electron chi connectivity index (χ4n) is 2.16. The van der Waals surface area contributed by atoms with Gasteiger partial charge in [0.25, 0.3) is 0 Å². The zero-order valence-corrected chi connectivity index (χ0v) is 10.5. The van der Waals surface area contributed by atoms with Gasteiger partial charge in [-0.15, -0.1) is 0 Å². The first-order chi connectivity index (χ1) is 9.15. The van der Waals surface area contributed by atoms with Crippen LogP contribution in [0.15, 0.2) is 47.3 Å². The van der Waals surface area contributed by atoms with Gasteiger partial charge in [0.1, 0.15) is 0 Å². The average molecular weight is 254 g/mol. The molecule has 0 aliphatic heterocycles. The van der Waals surface area contributed by atoms with E-state index >= 15 is 0 Å². The highest BCUT2D eigenvalue weighted by atomic mass is 16.1. The minimum atomic E-state index is -0.200. The van der Waals surface area contributed by atoms with Gasteiger partial charge in [-0.2, -0.15) is 0 Å². The Morgan fingerprint density at radius 3 is 2.58 bits per heavy atom. The molecule has 1 aromatic heterocycles. The fourth-order valence-corrected chi connectivity index (χ4v) is 2.16. The molecule has 96 valence electrons. The van der Waals surface area contributed by atoms with Gasteiger partial charge < -0.3 is 20.6 Å². The van der Waals surface area contributed by atoms with Crippen LogP contribution in [0, 0.1) is 0 Å². The Balaban J connectivity index is 2.08. The number of nitrogens with two attached hydrogens (primary N) is 1. The number of hydrogen-bond donors (Lipinski definition) is 3. The third kappa shape index (κ3) is 1.95. The summed E-state index contributed by atoms with van der Waals surface area (Å²) >= 11 is 0. The van der Waals surface area contributed by atoms with Crippen molar-refractivity contribution in [3.8, 4) is 0 Å². The highest BCUT2D eigenvalue weighted by Gasteiger charge is 2.08. The highest BCUT2D eigenvalue weighted by Crippen LogP contribution is 2.29. The van der Waals surface area contributed by atoms with Gasteiger partial charge in [-0.1, -0.05) is 12.1 Å². The van der Waals surface area contributed by atoms with Gasteiger partial charge in [-0.25, -0.2) is 4.79 Å². The summed E-state index contributed by atoms with van der Waals surface area (Å²) in [5, 5.41) is 0. The predicted octanol–water partition coefficient (Wildman–Crippen LogP) is 2.21. The van der Waals surface area contributed by atoms with Crippen molar-refractivity contribution in [3.63, 3.8) is 0 Å². The molecular formula is C14H14N4O. The van der Waals surface area contributed by atoms with Crippen molar-refractivity contribution in [1.29, 1.82) is 0 Å². The molecule has 0 bridgehead atoms. The van der Waals surface area contributed by atoms with Crippen LogP contribution < -0.4 is 16.3 Å². The Bertz CT molecular complexity index is 787. The Hall–Kier alpha value is -2.69. The van der Waals surface area contributed by atoms with Gasteiger partial charge >= 0.3 is 5.69 Å². The zero-order chi connectivity index (χ0) is 13.4. The molecule has 0 unspecified atom stereocenters. The van der Waals surface area contributed by atoms with E-state index in [1.165, 1.54) is 0 Å². The molecule has 0 saturated heterocycles. The molecule has 0 atom stereocenters. The van der Waals surface area contributed by atoms with Crippen molar-refractivity contribution >= 4 is 28.1 Å². The number of hydrogen-bond acceptors (Lipinski definition) is 3. The lowest BCUT2D eigenvalue weighted by Gasteiger charge is -2.21. The van der Waals surface area contributed by atoms with Crippen LogP contribution in [0.1, 0.15) is 0 Å². The minimum Gasteiger partial charge on any atom is -0.397 e. The molecule has 3 rings (SSSR count). The largest absolute Gasteiger partial charge is 0.397 e. The van der Waals surface area contributed by atoms with Crippen molar-refractivity contribution < 1.29 is 0 Å². The van der Waals surface area contributed by atoms with Gasteiger partial charge in [0.2, 0.25) is 0 Å². The first-order valence-electron chi connectivity index (χ1n) is 5.95. The summed E-state index contributed by atoms with van der Waals surface area (Å²) in [5.74, 6) is 0. The average Bonchev–Trinajstić information content (AvgIpc) is 2.77. The first kappa shape index (κ1) is 11.4. The van der Waals surface area contributed by atoms with E-state index in [1.54, 1.807) is 0 Å². The van der Waals surface area contributed by atoms with Crippen LogP contribution in [-0.4, -0.2) is 17.0 Å². The lowest BCUT2D eigenvalue weighted by Crippen LogP contribution is -2.11. The maximum absolute atomic E-state index is 11.2. The number of rotatable bonds is 2. The third-order valence-electron chi connectivity index (χ3n) is 3.18. The van der Waals surface area contributed by atoms with Crippen LogP contribution in [0.3, 0.4) is 0 Å². The normalized spacial score (nSPS) is 10.8. The van der Waals surface area contributed by atoms with Crippen LogP contribution in [0.5, 0.6) is 0 Å². The second-order valence-corrected chi connectivity index (χ2v) is 4.43. The number of nitrogens with zero attached hydrogens (tertiary/aromatic N) is 1. The molecule has 0 radical (unpaired) electrons. The van der Waals surface area contributed by atoms with Gasteiger partial charge in [-0.3, -0.25) is 0 Å². The molecule has 3 aromatic rings. The molecule has 5 nitrogen and oxygen atoms in total. The SMILES string of the molecule is CN(c1ccc2[nH]c(=O)[nH]c2c1)c1ccccc1N. The molecule has 2 aromatic carbocycles. The number of anilines is 3. The van der Waals surface area contributed by atoms with E-state index in [4.69, 9.17) is 5.73 Å². The molecular weight excluding hydrogens is 240 g/mol. The van der Waals surface area contributed by atoms with E-state index in [0.29, 0.717) is 5.69 Å². The smallest absolute Gasteiger partial charge is 0.323 e.